The number of hydrogen-bond acceptors (Lipinski definition) is 3. The summed E-state index contributed by atoms with van der Waals surface area (Å²) >= 11 is 2.00. The smallest absolute Gasteiger partial charge is 0.124 e. The van der Waals surface area contributed by atoms with Gasteiger partial charge in [-0.3, -0.25) is 0 Å². The first kappa shape index (κ1) is 14.7. The summed E-state index contributed by atoms with van der Waals surface area (Å²) in [5.74, 6) is 1.02. The highest BCUT2D eigenvalue weighted by Gasteiger charge is 2.25. The fourth-order valence-corrected chi connectivity index (χ4v) is 3.66. The minimum atomic E-state index is 0.228. The molecule has 0 heterocycles. The Morgan fingerprint density at radius 2 is 2.11 bits per heavy atom. The first-order valence-electron chi connectivity index (χ1n) is 7.21. The molecule has 1 aromatic rings. The zero-order valence-corrected chi connectivity index (χ0v) is 13.0. The summed E-state index contributed by atoms with van der Waals surface area (Å²) in [5.41, 5.74) is 1.27. The SMILES string of the molecule is CSC1CCCC1NCc1ccccc1OC(C)C. The predicted octanol–water partition coefficient (Wildman–Crippen LogP) is 3.85. The van der Waals surface area contributed by atoms with Crippen molar-refractivity contribution in [2.24, 2.45) is 0 Å². The van der Waals surface area contributed by atoms with Crippen molar-refractivity contribution >= 4 is 11.8 Å². The van der Waals surface area contributed by atoms with Crippen LogP contribution in [0.3, 0.4) is 0 Å². The lowest BCUT2D eigenvalue weighted by molar-refractivity contribution is 0.239. The summed E-state index contributed by atoms with van der Waals surface area (Å²) < 4.78 is 5.87. The molecule has 2 nitrogen and oxygen atoms in total. The van der Waals surface area contributed by atoms with E-state index in [9.17, 15) is 0 Å². The third-order valence-corrected chi connectivity index (χ3v) is 4.82. The highest BCUT2D eigenvalue weighted by Crippen LogP contribution is 2.29. The van der Waals surface area contributed by atoms with E-state index in [1.54, 1.807) is 0 Å². The summed E-state index contributed by atoms with van der Waals surface area (Å²) in [4.78, 5) is 0. The van der Waals surface area contributed by atoms with Crippen LogP contribution in [-0.2, 0) is 6.54 Å². The third kappa shape index (κ3) is 4.15. The van der Waals surface area contributed by atoms with Gasteiger partial charge in [-0.1, -0.05) is 24.6 Å². The third-order valence-electron chi connectivity index (χ3n) is 3.65. The van der Waals surface area contributed by atoms with E-state index in [-0.39, 0.29) is 6.10 Å². The average molecular weight is 279 g/mol. The maximum atomic E-state index is 5.87. The number of rotatable bonds is 6. The zero-order chi connectivity index (χ0) is 13.7. The lowest BCUT2D eigenvalue weighted by Crippen LogP contribution is -2.33. The van der Waals surface area contributed by atoms with Crippen LogP contribution in [0.15, 0.2) is 24.3 Å². The van der Waals surface area contributed by atoms with Gasteiger partial charge in [0.15, 0.2) is 0 Å². The van der Waals surface area contributed by atoms with Gasteiger partial charge in [0, 0.05) is 23.4 Å². The van der Waals surface area contributed by atoms with Crippen LogP contribution in [-0.4, -0.2) is 23.7 Å². The van der Waals surface area contributed by atoms with Crippen LogP contribution in [0.25, 0.3) is 0 Å². The number of benzene rings is 1. The van der Waals surface area contributed by atoms with Crippen molar-refractivity contribution in [1.29, 1.82) is 0 Å². The van der Waals surface area contributed by atoms with Gasteiger partial charge in [0.1, 0.15) is 5.75 Å². The number of hydrogen-bond donors (Lipinski definition) is 1. The molecular formula is C16H25NOS. The van der Waals surface area contributed by atoms with E-state index in [0.29, 0.717) is 6.04 Å². The van der Waals surface area contributed by atoms with Crippen LogP contribution >= 0.6 is 11.8 Å². The van der Waals surface area contributed by atoms with Crippen molar-refractivity contribution in [2.75, 3.05) is 6.26 Å². The topological polar surface area (TPSA) is 21.3 Å². The van der Waals surface area contributed by atoms with Crippen LogP contribution < -0.4 is 10.1 Å². The van der Waals surface area contributed by atoms with E-state index in [1.165, 1.54) is 24.8 Å². The summed E-state index contributed by atoms with van der Waals surface area (Å²) in [6.07, 6.45) is 6.46. The highest BCUT2D eigenvalue weighted by molar-refractivity contribution is 7.99. The van der Waals surface area contributed by atoms with Crippen molar-refractivity contribution in [3.63, 3.8) is 0 Å². The molecule has 19 heavy (non-hydrogen) atoms. The second kappa shape index (κ2) is 7.20. The first-order valence-corrected chi connectivity index (χ1v) is 8.50. The molecule has 0 bridgehead atoms. The molecule has 0 aliphatic heterocycles. The van der Waals surface area contributed by atoms with Gasteiger partial charge in [-0.15, -0.1) is 0 Å². The van der Waals surface area contributed by atoms with Gasteiger partial charge in [-0.25, -0.2) is 0 Å². The van der Waals surface area contributed by atoms with Crippen molar-refractivity contribution < 1.29 is 4.74 Å². The maximum absolute atomic E-state index is 5.87. The minimum Gasteiger partial charge on any atom is -0.491 e. The van der Waals surface area contributed by atoms with Gasteiger partial charge >= 0.3 is 0 Å². The van der Waals surface area contributed by atoms with Crippen molar-refractivity contribution in [3.05, 3.63) is 29.8 Å². The van der Waals surface area contributed by atoms with Crippen molar-refractivity contribution in [2.45, 2.75) is 57.1 Å². The molecule has 2 unspecified atom stereocenters. The number of ether oxygens (including phenoxy) is 1. The Morgan fingerprint density at radius 3 is 2.84 bits per heavy atom. The molecule has 0 radical (unpaired) electrons. The summed E-state index contributed by atoms with van der Waals surface area (Å²) in [6, 6.07) is 9.01. The summed E-state index contributed by atoms with van der Waals surface area (Å²) in [6.45, 7) is 5.06. The molecule has 1 saturated carbocycles. The van der Waals surface area contributed by atoms with Gasteiger partial charge in [0.25, 0.3) is 0 Å². The molecule has 2 atom stereocenters. The van der Waals surface area contributed by atoms with Crippen LogP contribution in [0.2, 0.25) is 0 Å². The van der Waals surface area contributed by atoms with E-state index < -0.39 is 0 Å². The van der Waals surface area contributed by atoms with Gasteiger partial charge in [0.05, 0.1) is 6.10 Å². The molecule has 106 valence electrons. The Bertz CT molecular complexity index is 394. The Balaban J connectivity index is 1.95. The Morgan fingerprint density at radius 1 is 1.32 bits per heavy atom. The monoisotopic (exact) mass is 279 g/mol. The van der Waals surface area contributed by atoms with Crippen LogP contribution in [0.1, 0.15) is 38.7 Å². The molecule has 1 aliphatic rings. The highest BCUT2D eigenvalue weighted by atomic mass is 32.2. The van der Waals surface area contributed by atoms with Crippen LogP contribution in [0.5, 0.6) is 5.75 Å². The lowest BCUT2D eigenvalue weighted by atomic mass is 10.1. The van der Waals surface area contributed by atoms with Gasteiger partial charge < -0.3 is 10.1 Å². The van der Waals surface area contributed by atoms with Crippen molar-refractivity contribution in [3.8, 4) is 5.75 Å². The summed E-state index contributed by atoms with van der Waals surface area (Å²) in [7, 11) is 0. The maximum Gasteiger partial charge on any atom is 0.124 e. The first-order chi connectivity index (χ1) is 9.20. The fraction of sp³-hybridized carbons (Fsp3) is 0.625. The summed E-state index contributed by atoms with van der Waals surface area (Å²) in [5, 5.41) is 4.49. The molecule has 1 N–H and O–H groups in total. The fourth-order valence-electron chi connectivity index (χ4n) is 2.70. The quantitative estimate of drug-likeness (QED) is 0.854. The molecule has 1 aromatic carbocycles. The molecular weight excluding hydrogens is 254 g/mol. The average Bonchev–Trinajstić information content (AvgIpc) is 2.84. The van der Waals surface area contributed by atoms with E-state index in [1.807, 2.05) is 17.8 Å². The molecule has 2 rings (SSSR count). The van der Waals surface area contributed by atoms with E-state index in [4.69, 9.17) is 4.74 Å². The van der Waals surface area contributed by atoms with Crippen LogP contribution in [0.4, 0.5) is 0 Å². The van der Waals surface area contributed by atoms with Gasteiger partial charge in [-0.2, -0.15) is 11.8 Å². The van der Waals surface area contributed by atoms with E-state index >= 15 is 0 Å². The Hall–Kier alpha value is -0.670. The lowest BCUT2D eigenvalue weighted by Gasteiger charge is -2.20. The molecule has 0 amide bonds. The second-order valence-electron chi connectivity index (χ2n) is 5.47. The van der Waals surface area contributed by atoms with Crippen molar-refractivity contribution in [1.82, 2.24) is 5.32 Å². The zero-order valence-electron chi connectivity index (χ0n) is 12.2. The Labute approximate surface area is 121 Å². The molecule has 3 heteroatoms. The van der Waals surface area contributed by atoms with Gasteiger partial charge in [-0.05, 0) is 39.0 Å². The normalized spacial score (nSPS) is 22.9. The minimum absolute atomic E-state index is 0.228. The Kier molecular flexibility index (Phi) is 5.59. The molecule has 0 spiro atoms. The second-order valence-corrected chi connectivity index (χ2v) is 6.54. The van der Waals surface area contributed by atoms with E-state index in [0.717, 1.165) is 17.5 Å². The molecule has 0 saturated heterocycles. The van der Waals surface area contributed by atoms with Gasteiger partial charge in [0.2, 0.25) is 0 Å². The predicted molar refractivity (Wildman–Crippen MR) is 84.0 cm³/mol. The number of thioether (sulfide) groups is 1. The molecule has 1 aliphatic carbocycles. The largest absolute Gasteiger partial charge is 0.491 e. The number of nitrogens with one attached hydrogen (secondary N) is 1. The molecule has 1 fully saturated rings. The standard InChI is InChI=1S/C16H25NOS/c1-12(2)18-15-9-5-4-7-13(15)11-17-14-8-6-10-16(14)19-3/h4-5,7,9,12,14,16-17H,6,8,10-11H2,1-3H3. The molecule has 0 aromatic heterocycles. The number of para-hydroxylation sites is 1. The van der Waals surface area contributed by atoms with E-state index in [2.05, 4.69) is 43.6 Å². The van der Waals surface area contributed by atoms with Crippen LogP contribution in [0, 0.1) is 0 Å².